The van der Waals surface area contributed by atoms with Gasteiger partial charge in [-0.3, -0.25) is 4.18 Å². The number of amides is 1. The molecular formula is C9H15NO5S. The topological polar surface area (TPSA) is 83.9 Å². The van der Waals surface area contributed by atoms with E-state index in [0.717, 1.165) is 19.1 Å². The smallest absolute Gasteiger partial charge is 0.407 e. The molecule has 1 amide bonds. The number of carbonyl (C=O) groups is 1. The average molecular weight is 249 g/mol. The molecule has 6 nitrogen and oxygen atoms in total. The van der Waals surface area contributed by atoms with E-state index in [9.17, 15) is 13.2 Å². The summed E-state index contributed by atoms with van der Waals surface area (Å²) in [5, 5.41) is 9.01. The molecule has 2 bridgehead atoms. The van der Waals surface area contributed by atoms with E-state index in [1.165, 1.54) is 4.90 Å². The highest BCUT2D eigenvalue weighted by Crippen LogP contribution is 2.41. The fourth-order valence-corrected chi connectivity index (χ4v) is 3.22. The molecule has 0 aromatic rings. The molecule has 3 unspecified atom stereocenters. The molecule has 92 valence electrons. The van der Waals surface area contributed by atoms with Crippen LogP contribution in [0, 0.1) is 5.92 Å². The maximum Gasteiger partial charge on any atom is 0.407 e. The molecule has 2 aliphatic heterocycles. The highest BCUT2D eigenvalue weighted by molar-refractivity contribution is 7.85. The summed E-state index contributed by atoms with van der Waals surface area (Å²) in [4.78, 5) is 12.4. The van der Waals surface area contributed by atoms with Crippen molar-refractivity contribution < 1.29 is 22.5 Å². The maximum atomic E-state index is 11.0. The van der Waals surface area contributed by atoms with Crippen molar-refractivity contribution in [2.75, 3.05) is 12.9 Å². The van der Waals surface area contributed by atoms with E-state index in [-0.39, 0.29) is 24.6 Å². The van der Waals surface area contributed by atoms with Gasteiger partial charge in [0, 0.05) is 18.0 Å². The summed E-state index contributed by atoms with van der Waals surface area (Å²) in [6.07, 6.45) is 2.51. The van der Waals surface area contributed by atoms with Crippen LogP contribution in [0.25, 0.3) is 0 Å². The zero-order valence-electron chi connectivity index (χ0n) is 9.00. The third-order valence-corrected chi connectivity index (χ3v) is 3.95. The lowest BCUT2D eigenvalue weighted by molar-refractivity contribution is 0.131. The lowest BCUT2D eigenvalue weighted by Crippen LogP contribution is -2.36. The van der Waals surface area contributed by atoms with E-state index in [2.05, 4.69) is 0 Å². The van der Waals surface area contributed by atoms with Gasteiger partial charge in [0.1, 0.15) is 0 Å². The lowest BCUT2D eigenvalue weighted by atomic mass is 9.90. The minimum absolute atomic E-state index is 0.0181. The Labute approximate surface area is 94.3 Å². The van der Waals surface area contributed by atoms with Crippen LogP contribution in [0.5, 0.6) is 0 Å². The summed E-state index contributed by atoms with van der Waals surface area (Å²) in [6.45, 7) is 0.101. The third kappa shape index (κ3) is 2.15. The molecule has 1 N–H and O–H groups in total. The van der Waals surface area contributed by atoms with Crippen LogP contribution in [0.1, 0.15) is 19.3 Å². The predicted molar refractivity (Wildman–Crippen MR) is 55.6 cm³/mol. The standard InChI is InChI=1S/C9H15NO5S/c1-16(13,14)15-5-6-4-7-2-3-8(6)10(7)9(11)12/h6-8H,2-5H2,1H3,(H,11,12). The summed E-state index contributed by atoms with van der Waals surface area (Å²) >= 11 is 0. The van der Waals surface area contributed by atoms with Crippen molar-refractivity contribution in [1.82, 2.24) is 4.90 Å². The highest BCUT2D eigenvalue weighted by atomic mass is 32.2. The second-order valence-electron chi connectivity index (χ2n) is 4.47. The van der Waals surface area contributed by atoms with Crippen molar-refractivity contribution in [3.8, 4) is 0 Å². The van der Waals surface area contributed by atoms with Crippen LogP contribution < -0.4 is 0 Å². The number of fused-ring (bicyclic) bond motifs is 2. The number of carboxylic acid groups (broad SMARTS) is 1. The van der Waals surface area contributed by atoms with Gasteiger partial charge in [-0.2, -0.15) is 8.42 Å². The van der Waals surface area contributed by atoms with Crippen molar-refractivity contribution >= 4 is 16.2 Å². The molecular weight excluding hydrogens is 234 g/mol. The molecule has 2 fully saturated rings. The largest absolute Gasteiger partial charge is 0.465 e. The molecule has 2 aliphatic rings. The van der Waals surface area contributed by atoms with E-state index >= 15 is 0 Å². The first kappa shape index (κ1) is 11.7. The Morgan fingerprint density at radius 2 is 2.19 bits per heavy atom. The highest BCUT2D eigenvalue weighted by Gasteiger charge is 2.48. The second kappa shape index (κ2) is 3.89. The van der Waals surface area contributed by atoms with E-state index in [1.54, 1.807) is 0 Å². The molecule has 0 aromatic heterocycles. The number of rotatable bonds is 3. The molecule has 16 heavy (non-hydrogen) atoms. The van der Waals surface area contributed by atoms with Gasteiger partial charge in [0.15, 0.2) is 0 Å². The summed E-state index contributed by atoms with van der Waals surface area (Å²) in [6, 6.07) is -0.0140. The average Bonchev–Trinajstić information content (AvgIpc) is 2.69. The lowest BCUT2D eigenvalue weighted by Gasteiger charge is -2.21. The Morgan fingerprint density at radius 3 is 2.69 bits per heavy atom. The first-order valence-electron chi connectivity index (χ1n) is 5.24. The molecule has 0 saturated carbocycles. The summed E-state index contributed by atoms with van der Waals surface area (Å²) in [7, 11) is -3.43. The van der Waals surface area contributed by atoms with Gasteiger partial charge in [0.25, 0.3) is 10.1 Å². The van der Waals surface area contributed by atoms with Crippen molar-refractivity contribution in [1.29, 1.82) is 0 Å². The van der Waals surface area contributed by atoms with E-state index < -0.39 is 16.2 Å². The van der Waals surface area contributed by atoms with Crippen molar-refractivity contribution in [3.63, 3.8) is 0 Å². The molecule has 3 atom stereocenters. The van der Waals surface area contributed by atoms with E-state index in [1.807, 2.05) is 0 Å². The third-order valence-electron chi connectivity index (χ3n) is 3.38. The Hall–Kier alpha value is -0.820. The summed E-state index contributed by atoms with van der Waals surface area (Å²) in [5.41, 5.74) is 0. The van der Waals surface area contributed by atoms with Gasteiger partial charge in [0.2, 0.25) is 0 Å². The Kier molecular flexibility index (Phi) is 2.83. The Morgan fingerprint density at radius 1 is 1.50 bits per heavy atom. The maximum absolute atomic E-state index is 11.0. The summed E-state index contributed by atoms with van der Waals surface area (Å²) in [5.74, 6) is 0.0181. The monoisotopic (exact) mass is 249 g/mol. The Balaban J connectivity index is 1.98. The van der Waals surface area contributed by atoms with Gasteiger partial charge < -0.3 is 10.0 Å². The second-order valence-corrected chi connectivity index (χ2v) is 6.12. The number of nitrogens with zero attached hydrogens (tertiary/aromatic N) is 1. The van der Waals surface area contributed by atoms with Crippen LogP contribution in [0.15, 0.2) is 0 Å². The molecule has 0 radical (unpaired) electrons. The Bertz CT molecular complexity index is 393. The van der Waals surface area contributed by atoms with Crippen LogP contribution in [0.3, 0.4) is 0 Å². The number of hydrogen-bond acceptors (Lipinski definition) is 4. The quantitative estimate of drug-likeness (QED) is 0.736. The van der Waals surface area contributed by atoms with Crippen molar-refractivity contribution in [2.24, 2.45) is 5.92 Å². The van der Waals surface area contributed by atoms with Crippen molar-refractivity contribution in [3.05, 3.63) is 0 Å². The number of hydrogen-bond donors (Lipinski definition) is 1. The van der Waals surface area contributed by atoms with E-state index in [0.29, 0.717) is 6.42 Å². The fraction of sp³-hybridized carbons (Fsp3) is 0.889. The molecule has 2 heterocycles. The van der Waals surface area contributed by atoms with Gasteiger partial charge in [-0.05, 0) is 19.3 Å². The van der Waals surface area contributed by atoms with E-state index in [4.69, 9.17) is 9.29 Å². The molecule has 7 heteroatoms. The minimum Gasteiger partial charge on any atom is -0.465 e. The minimum atomic E-state index is -3.43. The zero-order chi connectivity index (χ0) is 11.9. The van der Waals surface area contributed by atoms with Crippen LogP contribution in [0.4, 0.5) is 4.79 Å². The SMILES string of the molecule is CS(=O)(=O)OCC1CC2CCC1N2C(=O)O. The van der Waals surface area contributed by atoms with Crippen LogP contribution in [0.2, 0.25) is 0 Å². The van der Waals surface area contributed by atoms with Crippen LogP contribution in [-0.2, 0) is 14.3 Å². The van der Waals surface area contributed by atoms with Gasteiger partial charge >= 0.3 is 6.09 Å². The first-order valence-corrected chi connectivity index (χ1v) is 7.06. The van der Waals surface area contributed by atoms with Gasteiger partial charge in [-0.25, -0.2) is 4.79 Å². The fourth-order valence-electron chi connectivity index (χ4n) is 2.80. The van der Waals surface area contributed by atoms with Gasteiger partial charge in [0.05, 0.1) is 12.9 Å². The normalized spacial score (nSPS) is 33.3. The van der Waals surface area contributed by atoms with Gasteiger partial charge in [-0.15, -0.1) is 0 Å². The zero-order valence-corrected chi connectivity index (χ0v) is 9.81. The first-order chi connectivity index (χ1) is 7.38. The molecule has 0 spiro atoms. The predicted octanol–water partition coefficient (Wildman–Crippen LogP) is 0.493. The van der Waals surface area contributed by atoms with Crippen molar-refractivity contribution in [2.45, 2.75) is 31.3 Å². The van der Waals surface area contributed by atoms with Crippen LogP contribution >= 0.6 is 0 Å². The summed E-state index contributed by atoms with van der Waals surface area (Å²) < 4.78 is 26.5. The molecule has 0 aromatic carbocycles. The van der Waals surface area contributed by atoms with Crippen LogP contribution in [-0.4, -0.2) is 49.5 Å². The van der Waals surface area contributed by atoms with Gasteiger partial charge in [-0.1, -0.05) is 0 Å². The molecule has 2 rings (SSSR count). The molecule has 0 aliphatic carbocycles. The molecule has 2 saturated heterocycles.